The van der Waals surface area contributed by atoms with Gasteiger partial charge >= 0.3 is 0 Å². The van der Waals surface area contributed by atoms with Crippen molar-refractivity contribution in [3.63, 3.8) is 0 Å². The van der Waals surface area contributed by atoms with E-state index in [1.165, 1.54) is 11.3 Å². The van der Waals surface area contributed by atoms with Crippen molar-refractivity contribution in [3.8, 4) is 0 Å². The lowest BCUT2D eigenvalue weighted by molar-refractivity contribution is -0.124. The number of amides is 2. The lowest BCUT2D eigenvalue weighted by atomic mass is 10.1. The third kappa shape index (κ3) is 3.69. The van der Waals surface area contributed by atoms with Crippen LogP contribution in [0.3, 0.4) is 0 Å². The Balaban J connectivity index is 1.60. The number of benzene rings is 1. The summed E-state index contributed by atoms with van der Waals surface area (Å²) in [6.07, 6.45) is 1.62. The van der Waals surface area contributed by atoms with Gasteiger partial charge in [-0.2, -0.15) is 0 Å². The number of nitrogens with one attached hydrogen (secondary N) is 2. The van der Waals surface area contributed by atoms with Gasteiger partial charge in [-0.15, -0.1) is 11.3 Å². The van der Waals surface area contributed by atoms with Crippen molar-refractivity contribution in [2.75, 3.05) is 25.0 Å². The minimum absolute atomic E-state index is 0.0619. The molecule has 0 saturated carbocycles. The molecular weight excluding hydrogens is 300 g/mol. The predicted octanol–water partition coefficient (Wildman–Crippen LogP) is 1.33. The average Bonchev–Trinajstić information content (AvgIpc) is 3.01. The predicted molar refractivity (Wildman–Crippen MR) is 84.8 cm³/mol. The second-order valence-corrected chi connectivity index (χ2v) is 5.96. The van der Waals surface area contributed by atoms with Crippen LogP contribution in [0.25, 0.3) is 0 Å². The highest BCUT2D eigenvalue weighted by atomic mass is 32.1. The molecule has 1 aliphatic rings. The van der Waals surface area contributed by atoms with Gasteiger partial charge in [0.05, 0.1) is 18.3 Å². The van der Waals surface area contributed by atoms with E-state index in [2.05, 4.69) is 20.5 Å². The lowest BCUT2D eigenvalue weighted by Gasteiger charge is -2.26. The van der Waals surface area contributed by atoms with Gasteiger partial charge in [-0.05, 0) is 17.7 Å². The molecule has 0 spiro atoms. The van der Waals surface area contributed by atoms with Gasteiger partial charge in [-0.1, -0.05) is 12.1 Å². The van der Waals surface area contributed by atoms with E-state index >= 15 is 0 Å². The first-order valence-electron chi connectivity index (χ1n) is 6.98. The fraction of sp³-hybridized carbons (Fsp3) is 0.267. The summed E-state index contributed by atoms with van der Waals surface area (Å²) in [6.45, 7) is 2.67. The number of hydrogen-bond acceptors (Lipinski definition) is 5. The Morgan fingerprint density at radius 3 is 2.86 bits per heavy atom. The van der Waals surface area contributed by atoms with E-state index in [1.807, 2.05) is 12.1 Å². The molecule has 1 aromatic heterocycles. The van der Waals surface area contributed by atoms with E-state index in [9.17, 15) is 9.59 Å². The van der Waals surface area contributed by atoms with E-state index < -0.39 is 0 Å². The van der Waals surface area contributed by atoms with E-state index in [0.717, 1.165) is 17.1 Å². The largest absolute Gasteiger partial charge is 0.354 e. The summed E-state index contributed by atoms with van der Waals surface area (Å²) in [7, 11) is 0. The fourth-order valence-electron chi connectivity index (χ4n) is 2.31. The topological polar surface area (TPSA) is 74.3 Å². The number of rotatable bonds is 4. The minimum atomic E-state index is -0.145. The van der Waals surface area contributed by atoms with Gasteiger partial charge in [-0.3, -0.25) is 19.5 Å². The number of thiazole rings is 1. The molecule has 0 bridgehead atoms. The summed E-state index contributed by atoms with van der Waals surface area (Å²) in [4.78, 5) is 29.4. The molecule has 1 aromatic carbocycles. The Labute approximate surface area is 132 Å². The Morgan fingerprint density at radius 1 is 1.36 bits per heavy atom. The first-order valence-corrected chi connectivity index (χ1v) is 7.86. The van der Waals surface area contributed by atoms with Gasteiger partial charge in [0.1, 0.15) is 5.00 Å². The average molecular weight is 316 g/mol. The molecule has 2 amide bonds. The highest BCUT2D eigenvalue weighted by Crippen LogP contribution is 2.15. The van der Waals surface area contributed by atoms with Crippen LogP contribution in [0.2, 0.25) is 0 Å². The van der Waals surface area contributed by atoms with Crippen molar-refractivity contribution >= 4 is 28.2 Å². The minimum Gasteiger partial charge on any atom is -0.354 e. The van der Waals surface area contributed by atoms with E-state index in [-0.39, 0.29) is 11.8 Å². The molecule has 0 unspecified atom stereocenters. The zero-order chi connectivity index (χ0) is 15.4. The maximum absolute atomic E-state index is 12.1. The third-order valence-electron chi connectivity index (χ3n) is 3.41. The Kier molecular flexibility index (Phi) is 4.45. The van der Waals surface area contributed by atoms with Crippen LogP contribution in [0.5, 0.6) is 0 Å². The van der Waals surface area contributed by atoms with Gasteiger partial charge in [-0.25, -0.2) is 0 Å². The number of aromatic nitrogens is 1. The summed E-state index contributed by atoms with van der Waals surface area (Å²) in [6, 6.07) is 7.45. The molecule has 0 aliphatic carbocycles. The van der Waals surface area contributed by atoms with Crippen molar-refractivity contribution in [2.45, 2.75) is 6.54 Å². The molecule has 22 heavy (non-hydrogen) atoms. The second kappa shape index (κ2) is 6.67. The number of piperazine rings is 1. The number of hydrogen-bond donors (Lipinski definition) is 2. The normalized spacial score (nSPS) is 15.4. The van der Waals surface area contributed by atoms with Crippen LogP contribution in [-0.4, -0.2) is 41.3 Å². The van der Waals surface area contributed by atoms with Crippen molar-refractivity contribution in [2.24, 2.45) is 0 Å². The van der Waals surface area contributed by atoms with E-state index in [4.69, 9.17) is 0 Å². The summed E-state index contributed by atoms with van der Waals surface area (Å²) >= 11 is 1.38. The third-order valence-corrected chi connectivity index (χ3v) is 4.10. The first kappa shape index (κ1) is 14.7. The van der Waals surface area contributed by atoms with Crippen molar-refractivity contribution in [3.05, 3.63) is 47.1 Å². The molecule has 2 aromatic rings. The Bertz CT molecular complexity index is 655. The van der Waals surface area contributed by atoms with Gasteiger partial charge in [0, 0.05) is 25.2 Å². The quantitative estimate of drug-likeness (QED) is 0.892. The fourth-order valence-corrected chi connectivity index (χ4v) is 2.82. The van der Waals surface area contributed by atoms with Crippen LogP contribution < -0.4 is 10.6 Å². The SMILES string of the molecule is O=C1CN(Cc2ccc(C(=O)Nc3cncs3)cc2)CCN1. The molecule has 6 nitrogen and oxygen atoms in total. The molecule has 3 rings (SSSR count). The molecule has 1 fully saturated rings. The Morgan fingerprint density at radius 2 is 2.18 bits per heavy atom. The number of anilines is 1. The zero-order valence-corrected chi connectivity index (χ0v) is 12.7. The maximum atomic E-state index is 12.1. The van der Waals surface area contributed by atoms with Crippen LogP contribution >= 0.6 is 11.3 Å². The molecule has 1 aliphatic heterocycles. The molecule has 1 saturated heterocycles. The summed E-state index contributed by atoms with van der Waals surface area (Å²) < 4.78 is 0. The van der Waals surface area contributed by atoms with Gasteiger partial charge < -0.3 is 10.6 Å². The molecule has 7 heteroatoms. The van der Waals surface area contributed by atoms with E-state index in [1.54, 1.807) is 23.8 Å². The molecular formula is C15H16N4O2S. The summed E-state index contributed by atoms with van der Waals surface area (Å²) in [5, 5.41) is 6.33. The molecule has 2 N–H and O–H groups in total. The smallest absolute Gasteiger partial charge is 0.256 e. The lowest BCUT2D eigenvalue weighted by Crippen LogP contribution is -2.47. The zero-order valence-electron chi connectivity index (χ0n) is 11.9. The summed E-state index contributed by atoms with van der Waals surface area (Å²) in [5.74, 6) is -0.0834. The van der Waals surface area contributed by atoms with Crippen molar-refractivity contribution in [1.29, 1.82) is 0 Å². The second-order valence-electron chi connectivity index (χ2n) is 5.08. The number of carbonyl (C=O) groups excluding carboxylic acids is 2. The highest BCUT2D eigenvalue weighted by molar-refractivity contribution is 7.14. The van der Waals surface area contributed by atoms with Gasteiger partial charge in [0.25, 0.3) is 5.91 Å². The number of nitrogens with zero attached hydrogens (tertiary/aromatic N) is 2. The molecule has 0 atom stereocenters. The highest BCUT2D eigenvalue weighted by Gasteiger charge is 2.16. The molecule has 114 valence electrons. The van der Waals surface area contributed by atoms with Crippen LogP contribution in [0.15, 0.2) is 36.0 Å². The standard InChI is InChI=1S/C15H16N4O2S/c20-13-9-19(6-5-17-13)8-11-1-3-12(4-2-11)15(21)18-14-7-16-10-22-14/h1-4,7,10H,5-6,8-9H2,(H,17,20)(H,18,21). The monoisotopic (exact) mass is 316 g/mol. The van der Waals surface area contributed by atoms with Gasteiger partial charge in [0.15, 0.2) is 0 Å². The van der Waals surface area contributed by atoms with Crippen molar-refractivity contribution < 1.29 is 9.59 Å². The van der Waals surface area contributed by atoms with Crippen LogP contribution in [-0.2, 0) is 11.3 Å². The summed E-state index contributed by atoms with van der Waals surface area (Å²) in [5.41, 5.74) is 3.37. The number of carbonyl (C=O) groups is 2. The van der Waals surface area contributed by atoms with Crippen LogP contribution in [0.1, 0.15) is 15.9 Å². The first-order chi connectivity index (χ1) is 10.7. The van der Waals surface area contributed by atoms with E-state index in [0.29, 0.717) is 25.2 Å². The van der Waals surface area contributed by atoms with Crippen LogP contribution in [0, 0.1) is 0 Å². The van der Waals surface area contributed by atoms with Gasteiger partial charge in [0.2, 0.25) is 5.91 Å². The van der Waals surface area contributed by atoms with Crippen LogP contribution in [0.4, 0.5) is 5.00 Å². The molecule has 2 heterocycles. The maximum Gasteiger partial charge on any atom is 0.256 e. The van der Waals surface area contributed by atoms with Crippen molar-refractivity contribution in [1.82, 2.24) is 15.2 Å². The molecule has 0 radical (unpaired) electrons. The Hall–Kier alpha value is -2.25.